The van der Waals surface area contributed by atoms with Gasteiger partial charge in [0, 0.05) is 17.8 Å². The van der Waals surface area contributed by atoms with E-state index in [0.29, 0.717) is 17.1 Å². The highest BCUT2D eigenvalue weighted by atomic mass is 32.2. The van der Waals surface area contributed by atoms with Gasteiger partial charge in [0.2, 0.25) is 10.0 Å². The van der Waals surface area contributed by atoms with Crippen molar-refractivity contribution < 1.29 is 8.42 Å². The Bertz CT molecular complexity index is 606. The Morgan fingerprint density at radius 3 is 2.42 bits per heavy atom. The van der Waals surface area contributed by atoms with Crippen LogP contribution in [0.1, 0.15) is 37.8 Å². The molecule has 1 aliphatic heterocycles. The van der Waals surface area contributed by atoms with Gasteiger partial charge in [0.15, 0.2) is 0 Å². The van der Waals surface area contributed by atoms with Crippen LogP contribution in [0.5, 0.6) is 0 Å². The molecule has 4 nitrogen and oxygen atoms in total. The molecule has 0 atom stereocenters. The summed E-state index contributed by atoms with van der Waals surface area (Å²) in [6, 6.07) is 3.38. The lowest BCUT2D eigenvalue weighted by Crippen LogP contribution is -2.42. The molecule has 0 aromatic heterocycles. The van der Waals surface area contributed by atoms with E-state index in [1.807, 2.05) is 33.8 Å². The Morgan fingerprint density at radius 2 is 1.89 bits per heavy atom. The predicted octanol–water partition coefficient (Wildman–Crippen LogP) is 2.45. The highest BCUT2D eigenvalue weighted by molar-refractivity contribution is 7.89. The molecule has 0 bridgehead atoms. The van der Waals surface area contributed by atoms with E-state index in [0.717, 1.165) is 24.0 Å². The Labute approximate surface area is 115 Å². The first-order valence-electron chi connectivity index (χ1n) is 6.56. The number of nitrogens with two attached hydrogens (primary N) is 1. The van der Waals surface area contributed by atoms with Crippen molar-refractivity contribution in [2.24, 2.45) is 0 Å². The van der Waals surface area contributed by atoms with E-state index in [9.17, 15) is 8.42 Å². The van der Waals surface area contributed by atoms with Crippen molar-refractivity contribution in [2.45, 2.75) is 51.0 Å². The van der Waals surface area contributed by atoms with Gasteiger partial charge in [0.05, 0.1) is 4.90 Å². The number of aryl methyl sites for hydroxylation is 1. The third-order valence-electron chi connectivity index (χ3n) is 4.04. The third kappa shape index (κ3) is 2.37. The Hall–Kier alpha value is -1.07. The topological polar surface area (TPSA) is 63.4 Å². The van der Waals surface area contributed by atoms with Crippen molar-refractivity contribution in [3.8, 4) is 0 Å². The number of benzene rings is 1. The van der Waals surface area contributed by atoms with Gasteiger partial charge in [0.25, 0.3) is 0 Å². The molecule has 2 rings (SSSR count). The van der Waals surface area contributed by atoms with Crippen LogP contribution >= 0.6 is 0 Å². The molecular formula is C14H22N2O2S. The highest BCUT2D eigenvalue weighted by Gasteiger charge is 2.41. The van der Waals surface area contributed by atoms with Crippen molar-refractivity contribution in [2.75, 3.05) is 12.3 Å². The Balaban J connectivity index is 2.58. The van der Waals surface area contributed by atoms with Gasteiger partial charge >= 0.3 is 0 Å². The lowest BCUT2D eigenvalue weighted by Gasteiger charge is -2.31. The first-order valence-corrected chi connectivity index (χ1v) is 8.00. The molecule has 5 heteroatoms. The monoisotopic (exact) mass is 282 g/mol. The number of hydrogen-bond donors (Lipinski definition) is 1. The normalized spacial score (nSPS) is 19.8. The minimum atomic E-state index is -3.47. The SMILES string of the molecule is Cc1cc(N)cc(S(=O)(=O)N2CCCC2(C)C)c1C. The average molecular weight is 282 g/mol. The summed E-state index contributed by atoms with van der Waals surface area (Å²) in [5.74, 6) is 0. The van der Waals surface area contributed by atoms with E-state index >= 15 is 0 Å². The summed E-state index contributed by atoms with van der Waals surface area (Å²) in [5.41, 5.74) is 7.69. The molecule has 0 aliphatic carbocycles. The van der Waals surface area contributed by atoms with Gasteiger partial charge in [-0.1, -0.05) is 0 Å². The van der Waals surface area contributed by atoms with Crippen LogP contribution in [0.2, 0.25) is 0 Å². The minimum absolute atomic E-state index is 0.316. The molecule has 0 saturated carbocycles. The number of anilines is 1. The van der Waals surface area contributed by atoms with Gasteiger partial charge in [-0.25, -0.2) is 8.42 Å². The fourth-order valence-corrected chi connectivity index (χ4v) is 4.95. The smallest absolute Gasteiger partial charge is 0.243 e. The van der Waals surface area contributed by atoms with Crippen LogP contribution in [-0.4, -0.2) is 24.8 Å². The first kappa shape index (κ1) is 14.3. The molecule has 0 radical (unpaired) electrons. The molecular weight excluding hydrogens is 260 g/mol. The average Bonchev–Trinajstić information content (AvgIpc) is 2.63. The highest BCUT2D eigenvalue weighted by Crippen LogP contribution is 2.35. The number of hydrogen-bond acceptors (Lipinski definition) is 3. The maximum atomic E-state index is 12.8. The second kappa shape index (κ2) is 4.49. The number of sulfonamides is 1. The number of nitrogen functional groups attached to an aromatic ring is 1. The van der Waals surface area contributed by atoms with Crippen molar-refractivity contribution >= 4 is 15.7 Å². The van der Waals surface area contributed by atoms with Gasteiger partial charge in [-0.2, -0.15) is 4.31 Å². The third-order valence-corrected chi connectivity index (χ3v) is 6.27. The molecule has 2 N–H and O–H groups in total. The van der Waals surface area contributed by atoms with Crippen molar-refractivity contribution in [1.82, 2.24) is 4.31 Å². The van der Waals surface area contributed by atoms with Crippen LogP contribution in [0.25, 0.3) is 0 Å². The molecule has 1 aromatic carbocycles. The van der Waals surface area contributed by atoms with Gasteiger partial charge in [-0.15, -0.1) is 0 Å². The molecule has 0 amide bonds. The maximum absolute atomic E-state index is 12.8. The lowest BCUT2D eigenvalue weighted by atomic mass is 10.0. The minimum Gasteiger partial charge on any atom is -0.399 e. The van der Waals surface area contributed by atoms with E-state index in [4.69, 9.17) is 5.73 Å². The Kier molecular flexibility index (Phi) is 3.39. The molecule has 0 spiro atoms. The first-order chi connectivity index (χ1) is 8.66. The van der Waals surface area contributed by atoms with Crippen molar-refractivity contribution in [1.29, 1.82) is 0 Å². The summed E-state index contributed by atoms with van der Waals surface area (Å²) < 4.78 is 27.3. The molecule has 1 fully saturated rings. The molecule has 1 heterocycles. The second-order valence-electron chi connectivity index (χ2n) is 5.95. The van der Waals surface area contributed by atoms with Crippen LogP contribution in [-0.2, 0) is 10.0 Å². The van der Waals surface area contributed by atoms with Gasteiger partial charge in [-0.05, 0) is 63.8 Å². The predicted molar refractivity (Wildman–Crippen MR) is 77.5 cm³/mol. The molecule has 19 heavy (non-hydrogen) atoms. The van der Waals surface area contributed by atoms with Gasteiger partial charge in [-0.3, -0.25) is 0 Å². The zero-order chi connectivity index (χ0) is 14.4. The number of rotatable bonds is 2. The van der Waals surface area contributed by atoms with Crippen molar-refractivity contribution in [3.05, 3.63) is 23.3 Å². The van der Waals surface area contributed by atoms with E-state index in [-0.39, 0.29) is 5.54 Å². The summed E-state index contributed by atoms with van der Waals surface area (Å²) in [6.45, 7) is 8.27. The fourth-order valence-electron chi connectivity index (χ4n) is 2.77. The molecule has 1 aromatic rings. The summed E-state index contributed by atoms with van der Waals surface area (Å²) in [4.78, 5) is 0.347. The molecule has 1 saturated heterocycles. The quantitative estimate of drug-likeness (QED) is 0.847. The zero-order valence-corrected chi connectivity index (χ0v) is 12.8. The summed E-state index contributed by atoms with van der Waals surface area (Å²) >= 11 is 0. The number of nitrogens with zero attached hydrogens (tertiary/aromatic N) is 1. The van der Waals surface area contributed by atoms with Crippen LogP contribution in [0.4, 0.5) is 5.69 Å². The largest absolute Gasteiger partial charge is 0.399 e. The lowest BCUT2D eigenvalue weighted by molar-refractivity contribution is 0.291. The van der Waals surface area contributed by atoms with E-state index < -0.39 is 10.0 Å². The maximum Gasteiger partial charge on any atom is 0.243 e. The van der Waals surface area contributed by atoms with E-state index in [2.05, 4.69) is 0 Å². The standard InChI is InChI=1S/C14H22N2O2S/c1-10-8-12(15)9-13(11(10)2)19(17,18)16-7-5-6-14(16,3)4/h8-9H,5-7,15H2,1-4H3. The van der Waals surface area contributed by atoms with Crippen LogP contribution in [0.15, 0.2) is 17.0 Å². The molecule has 106 valence electrons. The summed E-state index contributed by atoms with van der Waals surface area (Å²) in [5, 5.41) is 0. The van der Waals surface area contributed by atoms with E-state index in [1.165, 1.54) is 0 Å². The van der Waals surface area contributed by atoms with Crippen LogP contribution in [0.3, 0.4) is 0 Å². The summed E-state index contributed by atoms with van der Waals surface area (Å²) in [7, 11) is -3.47. The molecule has 1 aliphatic rings. The van der Waals surface area contributed by atoms with Gasteiger partial charge < -0.3 is 5.73 Å². The van der Waals surface area contributed by atoms with E-state index in [1.54, 1.807) is 10.4 Å². The van der Waals surface area contributed by atoms with Crippen LogP contribution in [0, 0.1) is 13.8 Å². The van der Waals surface area contributed by atoms with Gasteiger partial charge in [0.1, 0.15) is 0 Å². The van der Waals surface area contributed by atoms with Crippen LogP contribution < -0.4 is 5.73 Å². The Morgan fingerprint density at radius 1 is 1.26 bits per heavy atom. The fraction of sp³-hybridized carbons (Fsp3) is 0.571. The summed E-state index contributed by atoms with van der Waals surface area (Å²) in [6.07, 6.45) is 1.80. The molecule has 0 unspecified atom stereocenters. The van der Waals surface area contributed by atoms with Crippen molar-refractivity contribution in [3.63, 3.8) is 0 Å². The second-order valence-corrected chi connectivity index (χ2v) is 7.78. The zero-order valence-electron chi connectivity index (χ0n) is 12.0.